The van der Waals surface area contributed by atoms with Gasteiger partial charge < -0.3 is 10.2 Å². The van der Waals surface area contributed by atoms with Gasteiger partial charge in [-0.1, -0.05) is 11.6 Å². The number of likely N-dealkylation sites (N-methyl/N-ethyl adjacent to an activating group) is 1. The van der Waals surface area contributed by atoms with Crippen LogP contribution in [0.1, 0.15) is 12.5 Å². The molecule has 1 N–H and O–H groups in total. The molecule has 5 heteroatoms. The number of aliphatic imine (C=N–C) groups is 1. The summed E-state index contributed by atoms with van der Waals surface area (Å²) in [6.07, 6.45) is 0. The summed E-state index contributed by atoms with van der Waals surface area (Å²) in [5.41, 5.74) is 1.19. The zero-order valence-corrected chi connectivity index (χ0v) is 12.6. The third-order valence-electron chi connectivity index (χ3n) is 2.69. The van der Waals surface area contributed by atoms with E-state index in [1.807, 2.05) is 12.1 Å². The molecule has 1 aliphatic heterocycles. The Bertz CT molecular complexity index is 414. The lowest BCUT2D eigenvalue weighted by atomic mass is 10.2. The number of hydrogen-bond donors (Lipinski definition) is 1. The standard InChI is InChI=1S/C12H15ClIN3/c1-2-17-4-3-15-12(17)16-8-9-5-10(13)7-11(14)6-9/h5-7H,2-4,8H2,1H3,(H,15,16). The van der Waals surface area contributed by atoms with E-state index in [4.69, 9.17) is 11.6 Å². The average molecular weight is 364 g/mol. The summed E-state index contributed by atoms with van der Waals surface area (Å²) in [6.45, 7) is 5.82. The molecule has 92 valence electrons. The SMILES string of the molecule is CCN1CCN=C1NCc1cc(Cl)cc(I)c1. The highest BCUT2D eigenvalue weighted by molar-refractivity contribution is 14.1. The summed E-state index contributed by atoms with van der Waals surface area (Å²) >= 11 is 8.31. The number of nitrogens with zero attached hydrogens (tertiary/aromatic N) is 2. The van der Waals surface area contributed by atoms with Gasteiger partial charge in [-0.25, -0.2) is 0 Å². The Labute approximate surface area is 120 Å². The molecule has 0 bridgehead atoms. The molecule has 1 heterocycles. The van der Waals surface area contributed by atoms with Crippen molar-refractivity contribution in [1.29, 1.82) is 0 Å². The minimum Gasteiger partial charge on any atom is -0.352 e. The fourth-order valence-electron chi connectivity index (χ4n) is 1.85. The molecular formula is C12H15ClIN3. The van der Waals surface area contributed by atoms with Gasteiger partial charge in [0, 0.05) is 28.2 Å². The maximum absolute atomic E-state index is 6.03. The summed E-state index contributed by atoms with van der Waals surface area (Å²) in [4.78, 5) is 6.69. The van der Waals surface area contributed by atoms with Crippen LogP contribution in [0.5, 0.6) is 0 Å². The van der Waals surface area contributed by atoms with Crippen LogP contribution >= 0.6 is 34.2 Å². The highest BCUT2D eigenvalue weighted by atomic mass is 127. The third-order valence-corrected chi connectivity index (χ3v) is 3.53. The summed E-state index contributed by atoms with van der Waals surface area (Å²) in [7, 11) is 0. The molecule has 0 unspecified atom stereocenters. The average Bonchev–Trinajstić information content (AvgIpc) is 2.72. The molecule has 1 aromatic rings. The van der Waals surface area contributed by atoms with Gasteiger partial charge in [0.15, 0.2) is 5.96 Å². The predicted molar refractivity (Wildman–Crippen MR) is 80.6 cm³/mol. The molecule has 0 aliphatic carbocycles. The number of nitrogens with one attached hydrogen (secondary N) is 1. The van der Waals surface area contributed by atoms with Crippen molar-refractivity contribution in [2.45, 2.75) is 13.5 Å². The molecule has 2 rings (SSSR count). The molecule has 0 radical (unpaired) electrons. The minimum atomic E-state index is 0.770. The summed E-state index contributed by atoms with van der Waals surface area (Å²) in [6, 6.07) is 6.07. The van der Waals surface area contributed by atoms with Gasteiger partial charge in [0.05, 0.1) is 6.54 Å². The molecule has 1 aromatic carbocycles. The highest BCUT2D eigenvalue weighted by Crippen LogP contribution is 2.16. The Balaban J connectivity index is 1.98. The van der Waals surface area contributed by atoms with E-state index < -0.39 is 0 Å². The maximum atomic E-state index is 6.03. The van der Waals surface area contributed by atoms with Crippen LogP contribution in [0, 0.1) is 3.57 Å². The molecule has 3 nitrogen and oxygen atoms in total. The Kier molecular flexibility index (Phi) is 4.50. The van der Waals surface area contributed by atoms with Crippen LogP contribution in [0.15, 0.2) is 23.2 Å². The third kappa shape index (κ3) is 3.48. The number of hydrogen-bond acceptors (Lipinski definition) is 3. The first-order chi connectivity index (χ1) is 8.19. The van der Waals surface area contributed by atoms with Crippen LogP contribution in [0.4, 0.5) is 0 Å². The summed E-state index contributed by atoms with van der Waals surface area (Å²) in [5.74, 6) is 1.00. The smallest absolute Gasteiger partial charge is 0.194 e. The highest BCUT2D eigenvalue weighted by Gasteiger charge is 2.14. The van der Waals surface area contributed by atoms with Gasteiger partial charge in [0.25, 0.3) is 0 Å². The quantitative estimate of drug-likeness (QED) is 0.836. The zero-order chi connectivity index (χ0) is 12.3. The molecule has 0 fully saturated rings. The predicted octanol–water partition coefficient (Wildman–Crippen LogP) is 2.73. The van der Waals surface area contributed by atoms with E-state index in [0.717, 1.165) is 40.7 Å². The lowest BCUT2D eigenvalue weighted by molar-refractivity contribution is 0.466. The second-order valence-corrected chi connectivity index (χ2v) is 5.60. The van der Waals surface area contributed by atoms with Gasteiger partial charge in [-0.3, -0.25) is 4.99 Å². The fraction of sp³-hybridized carbons (Fsp3) is 0.417. The Morgan fingerprint density at radius 3 is 3.00 bits per heavy atom. The van der Waals surface area contributed by atoms with Crippen LogP contribution in [-0.2, 0) is 6.54 Å². The second kappa shape index (κ2) is 5.91. The zero-order valence-electron chi connectivity index (χ0n) is 9.71. The number of guanidine groups is 1. The first kappa shape index (κ1) is 13.0. The molecule has 0 amide bonds. The Hall–Kier alpha value is -0.490. The van der Waals surface area contributed by atoms with Crippen molar-refractivity contribution in [1.82, 2.24) is 10.2 Å². The van der Waals surface area contributed by atoms with Crippen molar-refractivity contribution in [2.75, 3.05) is 19.6 Å². The molecule has 1 aliphatic rings. The number of benzene rings is 1. The number of rotatable bonds is 3. The minimum absolute atomic E-state index is 0.770. The first-order valence-corrected chi connectivity index (χ1v) is 7.13. The maximum Gasteiger partial charge on any atom is 0.194 e. The van der Waals surface area contributed by atoms with Gasteiger partial charge in [0.2, 0.25) is 0 Å². The van der Waals surface area contributed by atoms with Crippen LogP contribution < -0.4 is 5.32 Å². The van der Waals surface area contributed by atoms with Gasteiger partial charge in [-0.15, -0.1) is 0 Å². The van der Waals surface area contributed by atoms with E-state index in [9.17, 15) is 0 Å². The summed E-state index contributed by atoms with van der Waals surface area (Å²) in [5, 5.41) is 4.15. The van der Waals surface area contributed by atoms with Crippen molar-refractivity contribution in [3.05, 3.63) is 32.4 Å². The molecular weight excluding hydrogens is 349 g/mol. The van der Waals surface area contributed by atoms with Crippen molar-refractivity contribution < 1.29 is 0 Å². The van der Waals surface area contributed by atoms with Crippen LogP contribution in [0.25, 0.3) is 0 Å². The van der Waals surface area contributed by atoms with Gasteiger partial charge >= 0.3 is 0 Å². The van der Waals surface area contributed by atoms with E-state index >= 15 is 0 Å². The second-order valence-electron chi connectivity index (χ2n) is 3.92. The lowest BCUT2D eigenvalue weighted by Gasteiger charge is -2.19. The van der Waals surface area contributed by atoms with Crippen molar-refractivity contribution in [3.63, 3.8) is 0 Å². The van der Waals surface area contributed by atoms with E-state index in [2.05, 4.69) is 50.8 Å². The van der Waals surface area contributed by atoms with Crippen molar-refractivity contribution >= 4 is 40.2 Å². The van der Waals surface area contributed by atoms with Gasteiger partial charge in [0.1, 0.15) is 0 Å². The van der Waals surface area contributed by atoms with E-state index in [1.165, 1.54) is 5.56 Å². The van der Waals surface area contributed by atoms with Crippen molar-refractivity contribution in [3.8, 4) is 0 Å². The van der Waals surface area contributed by atoms with Gasteiger partial charge in [-0.05, 0) is 53.3 Å². The molecule has 0 saturated heterocycles. The van der Waals surface area contributed by atoms with Crippen LogP contribution in [-0.4, -0.2) is 30.5 Å². The van der Waals surface area contributed by atoms with Crippen LogP contribution in [0.2, 0.25) is 5.02 Å². The molecule has 17 heavy (non-hydrogen) atoms. The molecule has 0 atom stereocenters. The van der Waals surface area contributed by atoms with E-state index in [0.29, 0.717) is 0 Å². The monoisotopic (exact) mass is 363 g/mol. The topological polar surface area (TPSA) is 27.6 Å². The largest absolute Gasteiger partial charge is 0.352 e. The number of halogens is 2. The van der Waals surface area contributed by atoms with Crippen LogP contribution in [0.3, 0.4) is 0 Å². The van der Waals surface area contributed by atoms with E-state index in [1.54, 1.807) is 0 Å². The fourth-order valence-corrected chi connectivity index (χ4v) is 3.03. The first-order valence-electron chi connectivity index (χ1n) is 5.67. The normalized spacial score (nSPS) is 15.0. The molecule has 0 spiro atoms. The Morgan fingerprint density at radius 1 is 1.47 bits per heavy atom. The molecule has 0 aromatic heterocycles. The summed E-state index contributed by atoms with van der Waals surface area (Å²) < 4.78 is 1.16. The van der Waals surface area contributed by atoms with Crippen molar-refractivity contribution in [2.24, 2.45) is 4.99 Å². The Morgan fingerprint density at radius 2 is 2.29 bits per heavy atom. The lowest BCUT2D eigenvalue weighted by Crippen LogP contribution is -2.37. The molecule has 0 saturated carbocycles. The van der Waals surface area contributed by atoms with Gasteiger partial charge in [-0.2, -0.15) is 0 Å². The van der Waals surface area contributed by atoms with E-state index in [-0.39, 0.29) is 0 Å².